The predicted molar refractivity (Wildman–Crippen MR) is 115 cm³/mol. The van der Waals surface area contributed by atoms with Crippen molar-refractivity contribution < 1.29 is 14.1 Å². The van der Waals surface area contributed by atoms with Crippen molar-refractivity contribution in [3.8, 4) is 0 Å². The second-order valence-corrected chi connectivity index (χ2v) is 8.70. The smallest absolute Gasteiger partial charge is 0.279 e. The minimum atomic E-state index is -0.365. The Morgan fingerprint density at radius 2 is 2.07 bits per heavy atom. The molecule has 0 fully saturated rings. The molecule has 30 heavy (non-hydrogen) atoms. The lowest BCUT2D eigenvalue weighted by molar-refractivity contribution is -0.117. The summed E-state index contributed by atoms with van der Waals surface area (Å²) in [4.78, 5) is 32.2. The number of aromatic nitrogens is 2. The Hall–Kier alpha value is -2.46. The van der Waals surface area contributed by atoms with E-state index in [-0.39, 0.29) is 24.1 Å². The number of fused-ring (bicyclic) bond motifs is 1. The summed E-state index contributed by atoms with van der Waals surface area (Å²) >= 11 is 13.3. The number of nitrogens with zero attached hydrogens (tertiary/aromatic N) is 3. The molecule has 0 saturated carbocycles. The van der Waals surface area contributed by atoms with E-state index >= 15 is 0 Å². The zero-order valence-electron chi connectivity index (χ0n) is 15.9. The Balaban J connectivity index is 1.34. The molecule has 1 aliphatic rings. The highest BCUT2D eigenvalue weighted by Crippen LogP contribution is 2.29. The number of nitrogens with one attached hydrogen (secondary N) is 2. The molecule has 0 unspecified atom stereocenters. The van der Waals surface area contributed by atoms with Gasteiger partial charge in [-0.1, -0.05) is 28.4 Å². The van der Waals surface area contributed by atoms with Crippen molar-refractivity contribution in [3.05, 3.63) is 56.3 Å². The van der Waals surface area contributed by atoms with Gasteiger partial charge in [0, 0.05) is 36.1 Å². The molecule has 0 spiro atoms. The first-order chi connectivity index (χ1) is 14.4. The highest BCUT2D eigenvalue weighted by molar-refractivity contribution is 7.15. The predicted octanol–water partition coefficient (Wildman–Crippen LogP) is 4.00. The number of carbonyl (C=O) groups is 2. The maximum atomic E-state index is 12.4. The van der Waals surface area contributed by atoms with Gasteiger partial charge < -0.3 is 9.84 Å². The van der Waals surface area contributed by atoms with Gasteiger partial charge in [-0.2, -0.15) is 0 Å². The summed E-state index contributed by atoms with van der Waals surface area (Å²) in [5.74, 6) is 0.0560. The SMILES string of the molecule is Cc1cc(C(=O)Nc2nc3c(s2)CN(CC(=O)Nc2ccc(Cl)c(Cl)c2)CC3)no1. The molecule has 0 aliphatic carbocycles. The molecular weight excluding hydrogens is 449 g/mol. The first-order valence-corrected chi connectivity index (χ1v) is 10.6. The monoisotopic (exact) mass is 465 g/mol. The van der Waals surface area contributed by atoms with Crippen LogP contribution in [-0.2, 0) is 17.8 Å². The summed E-state index contributed by atoms with van der Waals surface area (Å²) in [6, 6.07) is 6.52. The number of anilines is 2. The topological polar surface area (TPSA) is 100 Å². The van der Waals surface area contributed by atoms with Crippen LogP contribution in [0.4, 0.5) is 10.8 Å². The summed E-state index contributed by atoms with van der Waals surface area (Å²) in [5.41, 5.74) is 1.74. The second-order valence-electron chi connectivity index (χ2n) is 6.80. The largest absolute Gasteiger partial charge is 0.361 e. The van der Waals surface area contributed by atoms with Crippen LogP contribution in [0.1, 0.15) is 26.8 Å². The Labute approximate surface area is 186 Å². The summed E-state index contributed by atoms with van der Waals surface area (Å²) in [6.45, 7) is 3.23. The van der Waals surface area contributed by atoms with Crippen LogP contribution in [0, 0.1) is 6.92 Å². The number of hydrogen-bond donors (Lipinski definition) is 2. The van der Waals surface area contributed by atoms with Crippen LogP contribution in [0.15, 0.2) is 28.8 Å². The number of amides is 2. The van der Waals surface area contributed by atoms with E-state index in [1.165, 1.54) is 11.3 Å². The Bertz CT molecular complexity index is 1110. The van der Waals surface area contributed by atoms with E-state index in [9.17, 15) is 9.59 Å². The maximum Gasteiger partial charge on any atom is 0.279 e. The minimum Gasteiger partial charge on any atom is -0.361 e. The molecule has 0 saturated heterocycles. The normalized spacial score (nSPS) is 13.7. The van der Waals surface area contributed by atoms with E-state index in [2.05, 4.69) is 20.8 Å². The van der Waals surface area contributed by atoms with Crippen LogP contribution in [0.2, 0.25) is 10.0 Å². The summed E-state index contributed by atoms with van der Waals surface area (Å²) in [7, 11) is 0. The molecule has 4 rings (SSSR count). The lowest BCUT2D eigenvalue weighted by Gasteiger charge is -2.25. The third-order valence-corrected chi connectivity index (χ3v) is 6.20. The first kappa shape index (κ1) is 20.8. The molecule has 0 radical (unpaired) electrons. The fourth-order valence-corrected chi connectivity index (χ4v) is 4.39. The number of benzene rings is 1. The van der Waals surface area contributed by atoms with Crippen LogP contribution in [0.25, 0.3) is 0 Å². The number of carbonyl (C=O) groups excluding carboxylic acids is 2. The van der Waals surface area contributed by atoms with Gasteiger partial charge in [-0.3, -0.25) is 19.8 Å². The average molecular weight is 466 g/mol. The lowest BCUT2D eigenvalue weighted by Crippen LogP contribution is -2.36. The second kappa shape index (κ2) is 8.73. The minimum absolute atomic E-state index is 0.142. The fraction of sp³-hybridized carbons (Fsp3) is 0.263. The van der Waals surface area contributed by atoms with Gasteiger partial charge in [0.05, 0.1) is 22.3 Å². The molecule has 11 heteroatoms. The van der Waals surface area contributed by atoms with Crippen molar-refractivity contribution in [2.24, 2.45) is 0 Å². The van der Waals surface area contributed by atoms with E-state index in [0.29, 0.717) is 46.1 Å². The van der Waals surface area contributed by atoms with Crippen molar-refractivity contribution >= 4 is 57.2 Å². The molecule has 3 heterocycles. The standard InChI is InChI=1S/C19H17Cl2N5O3S/c1-10-6-15(25-29-10)18(28)24-19-23-14-4-5-26(8-16(14)30-19)9-17(27)22-11-2-3-12(20)13(21)7-11/h2-3,6-7H,4-5,8-9H2,1H3,(H,22,27)(H,23,24,28). The van der Waals surface area contributed by atoms with E-state index < -0.39 is 0 Å². The molecule has 0 atom stereocenters. The van der Waals surface area contributed by atoms with Gasteiger partial charge in [-0.05, 0) is 25.1 Å². The lowest BCUT2D eigenvalue weighted by atomic mass is 10.2. The van der Waals surface area contributed by atoms with E-state index in [4.69, 9.17) is 27.7 Å². The van der Waals surface area contributed by atoms with Crippen molar-refractivity contribution in [2.75, 3.05) is 23.7 Å². The number of halogens is 2. The molecule has 8 nitrogen and oxygen atoms in total. The zero-order valence-corrected chi connectivity index (χ0v) is 18.2. The van der Waals surface area contributed by atoms with Crippen LogP contribution in [0.3, 0.4) is 0 Å². The van der Waals surface area contributed by atoms with Crippen molar-refractivity contribution in [3.63, 3.8) is 0 Å². The van der Waals surface area contributed by atoms with Gasteiger partial charge in [-0.25, -0.2) is 4.98 Å². The molecule has 2 amide bonds. The van der Waals surface area contributed by atoms with Gasteiger partial charge in [0.1, 0.15) is 5.76 Å². The Kier molecular flexibility index (Phi) is 6.05. The number of rotatable bonds is 5. The van der Waals surface area contributed by atoms with Crippen molar-refractivity contribution in [1.82, 2.24) is 15.0 Å². The molecule has 1 aromatic carbocycles. The average Bonchev–Trinajstić information content (AvgIpc) is 3.30. The molecule has 156 valence electrons. The highest BCUT2D eigenvalue weighted by Gasteiger charge is 2.23. The molecular formula is C19H17Cl2N5O3S. The van der Waals surface area contributed by atoms with Crippen LogP contribution in [0.5, 0.6) is 0 Å². The number of aryl methyl sites for hydroxylation is 1. The summed E-state index contributed by atoms with van der Waals surface area (Å²) < 4.78 is 4.92. The van der Waals surface area contributed by atoms with Crippen molar-refractivity contribution in [2.45, 2.75) is 19.9 Å². The third kappa shape index (κ3) is 4.81. The van der Waals surface area contributed by atoms with E-state index in [0.717, 1.165) is 10.6 Å². The number of thiazole rings is 1. The molecule has 1 aliphatic heterocycles. The molecule has 0 bridgehead atoms. The Morgan fingerprint density at radius 3 is 2.80 bits per heavy atom. The summed E-state index contributed by atoms with van der Waals surface area (Å²) in [5, 5.41) is 10.6. The van der Waals surface area contributed by atoms with Gasteiger partial charge in [0.25, 0.3) is 5.91 Å². The Morgan fingerprint density at radius 1 is 1.23 bits per heavy atom. The zero-order chi connectivity index (χ0) is 21.3. The number of hydrogen-bond acceptors (Lipinski definition) is 7. The third-order valence-electron chi connectivity index (χ3n) is 4.46. The molecule has 2 aromatic heterocycles. The fourth-order valence-electron chi connectivity index (χ4n) is 3.05. The highest BCUT2D eigenvalue weighted by atomic mass is 35.5. The molecule has 2 N–H and O–H groups in total. The van der Waals surface area contributed by atoms with Gasteiger partial charge in [0.15, 0.2) is 10.8 Å². The van der Waals surface area contributed by atoms with Crippen LogP contribution >= 0.6 is 34.5 Å². The summed E-state index contributed by atoms with van der Waals surface area (Å²) in [6.07, 6.45) is 0.699. The van der Waals surface area contributed by atoms with Crippen LogP contribution < -0.4 is 10.6 Å². The van der Waals surface area contributed by atoms with Crippen LogP contribution in [-0.4, -0.2) is 39.9 Å². The van der Waals surface area contributed by atoms with E-state index in [1.807, 2.05) is 4.90 Å². The van der Waals surface area contributed by atoms with Gasteiger partial charge in [0.2, 0.25) is 5.91 Å². The van der Waals surface area contributed by atoms with Gasteiger partial charge in [-0.15, -0.1) is 11.3 Å². The maximum absolute atomic E-state index is 12.4. The van der Waals surface area contributed by atoms with Crippen molar-refractivity contribution in [1.29, 1.82) is 0 Å². The first-order valence-electron chi connectivity index (χ1n) is 9.08. The quantitative estimate of drug-likeness (QED) is 0.590. The van der Waals surface area contributed by atoms with E-state index in [1.54, 1.807) is 31.2 Å². The van der Waals surface area contributed by atoms with Gasteiger partial charge >= 0.3 is 0 Å². The molecule has 3 aromatic rings.